The molecule has 4 heteroatoms. The molecule has 0 heterocycles. The maximum Gasteiger partial charge on any atom is 0.343 e. The SMILES string of the molecule is CCCC1CCC(COc2ccc(OC(=O)c3ccc(OCCCC(C)CC)cc3)cc2)CC1. The standard InChI is InChI=1S/C30H42O4/c1-4-7-24-9-11-25(12-10-24)22-33-28-17-19-29(20-18-28)34-30(31)26-13-15-27(16-14-26)32-21-6-8-23(3)5-2/h13-20,23-25H,4-12,21-22H2,1-3H3. The molecule has 1 atom stereocenters. The Labute approximate surface area is 206 Å². The molecule has 186 valence electrons. The van der Waals surface area contributed by atoms with Crippen molar-refractivity contribution in [3.05, 3.63) is 54.1 Å². The van der Waals surface area contributed by atoms with Crippen LogP contribution >= 0.6 is 0 Å². The summed E-state index contributed by atoms with van der Waals surface area (Å²) in [6, 6.07) is 14.5. The second-order valence-electron chi connectivity index (χ2n) is 9.88. The van der Waals surface area contributed by atoms with E-state index in [0.717, 1.165) is 36.4 Å². The average molecular weight is 467 g/mol. The molecule has 0 spiro atoms. The zero-order chi connectivity index (χ0) is 24.2. The smallest absolute Gasteiger partial charge is 0.343 e. The van der Waals surface area contributed by atoms with Crippen molar-refractivity contribution in [1.82, 2.24) is 0 Å². The first kappa shape index (κ1) is 26.1. The Kier molecular flexibility index (Phi) is 10.8. The van der Waals surface area contributed by atoms with Crippen LogP contribution < -0.4 is 14.2 Å². The predicted molar refractivity (Wildman–Crippen MR) is 138 cm³/mol. The molecule has 0 aliphatic heterocycles. The number of esters is 1. The van der Waals surface area contributed by atoms with E-state index in [9.17, 15) is 4.79 Å². The van der Waals surface area contributed by atoms with Crippen LogP contribution in [-0.2, 0) is 0 Å². The zero-order valence-electron chi connectivity index (χ0n) is 21.3. The lowest BCUT2D eigenvalue weighted by molar-refractivity contribution is 0.0734. The van der Waals surface area contributed by atoms with Gasteiger partial charge in [-0.25, -0.2) is 4.79 Å². The van der Waals surface area contributed by atoms with Crippen LogP contribution in [0.1, 0.15) is 88.9 Å². The van der Waals surface area contributed by atoms with Crippen LogP contribution in [-0.4, -0.2) is 19.2 Å². The Balaban J connectivity index is 1.38. The van der Waals surface area contributed by atoms with Gasteiger partial charge in [0.1, 0.15) is 17.2 Å². The highest BCUT2D eigenvalue weighted by atomic mass is 16.5. The highest BCUT2D eigenvalue weighted by Crippen LogP contribution is 2.32. The molecule has 0 N–H and O–H groups in total. The van der Waals surface area contributed by atoms with Crippen molar-refractivity contribution in [3.63, 3.8) is 0 Å². The van der Waals surface area contributed by atoms with Crippen LogP contribution in [0.5, 0.6) is 17.2 Å². The van der Waals surface area contributed by atoms with Crippen molar-refractivity contribution in [3.8, 4) is 17.2 Å². The van der Waals surface area contributed by atoms with Gasteiger partial charge in [-0.05, 0) is 92.0 Å². The van der Waals surface area contributed by atoms with Crippen LogP contribution in [0.15, 0.2) is 48.5 Å². The van der Waals surface area contributed by atoms with Crippen molar-refractivity contribution in [2.24, 2.45) is 17.8 Å². The lowest BCUT2D eigenvalue weighted by Gasteiger charge is -2.28. The Morgan fingerprint density at radius 3 is 2.09 bits per heavy atom. The van der Waals surface area contributed by atoms with E-state index in [1.807, 2.05) is 24.3 Å². The fourth-order valence-electron chi connectivity index (χ4n) is 4.59. The number of rotatable bonds is 13. The van der Waals surface area contributed by atoms with Crippen LogP contribution in [0.4, 0.5) is 0 Å². The topological polar surface area (TPSA) is 44.8 Å². The molecular weight excluding hydrogens is 424 g/mol. The summed E-state index contributed by atoms with van der Waals surface area (Å²) in [7, 11) is 0. The molecule has 0 amide bonds. The molecule has 34 heavy (non-hydrogen) atoms. The van der Waals surface area contributed by atoms with E-state index in [0.29, 0.717) is 23.8 Å². The third kappa shape index (κ3) is 8.70. The molecule has 2 aromatic carbocycles. The van der Waals surface area contributed by atoms with Crippen LogP contribution in [0, 0.1) is 17.8 Å². The molecule has 0 radical (unpaired) electrons. The van der Waals surface area contributed by atoms with Gasteiger partial charge in [-0.2, -0.15) is 0 Å². The highest BCUT2D eigenvalue weighted by Gasteiger charge is 2.21. The molecule has 1 saturated carbocycles. The highest BCUT2D eigenvalue weighted by molar-refractivity contribution is 5.91. The second kappa shape index (κ2) is 14.0. The Morgan fingerprint density at radius 2 is 1.44 bits per heavy atom. The van der Waals surface area contributed by atoms with Gasteiger partial charge in [-0.15, -0.1) is 0 Å². The van der Waals surface area contributed by atoms with E-state index >= 15 is 0 Å². The summed E-state index contributed by atoms with van der Waals surface area (Å²) in [5.74, 6) is 4.04. The summed E-state index contributed by atoms with van der Waals surface area (Å²) < 4.78 is 17.3. The second-order valence-corrected chi connectivity index (χ2v) is 9.88. The van der Waals surface area contributed by atoms with E-state index in [1.165, 1.54) is 51.4 Å². The van der Waals surface area contributed by atoms with E-state index in [1.54, 1.807) is 24.3 Å². The molecule has 0 aromatic heterocycles. The molecule has 0 saturated heterocycles. The summed E-state index contributed by atoms with van der Waals surface area (Å²) in [4.78, 5) is 12.5. The first-order valence-corrected chi connectivity index (χ1v) is 13.2. The lowest BCUT2D eigenvalue weighted by Crippen LogP contribution is -2.20. The van der Waals surface area contributed by atoms with E-state index in [4.69, 9.17) is 14.2 Å². The van der Waals surface area contributed by atoms with Gasteiger partial charge in [-0.1, -0.05) is 52.9 Å². The summed E-state index contributed by atoms with van der Waals surface area (Å²) in [6.45, 7) is 8.22. The minimum absolute atomic E-state index is 0.374. The van der Waals surface area contributed by atoms with Gasteiger partial charge >= 0.3 is 5.97 Å². The largest absolute Gasteiger partial charge is 0.494 e. The monoisotopic (exact) mass is 466 g/mol. The van der Waals surface area contributed by atoms with Crippen LogP contribution in [0.3, 0.4) is 0 Å². The Bertz CT molecular complexity index is 835. The molecule has 1 aliphatic carbocycles. The van der Waals surface area contributed by atoms with E-state index in [2.05, 4.69) is 20.8 Å². The van der Waals surface area contributed by atoms with E-state index < -0.39 is 0 Å². The molecule has 3 rings (SSSR count). The van der Waals surface area contributed by atoms with Crippen molar-refractivity contribution < 1.29 is 19.0 Å². The van der Waals surface area contributed by atoms with Gasteiger partial charge in [-0.3, -0.25) is 0 Å². The van der Waals surface area contributed by atoms with Gasteiger partial charge in [0, 0.05) is 0 Å². The number of benzene rings is 2. The van der Waals surface area contributed by atoms with Gasteiger partial charge < -0.3 is 14.2 Å². The number of hydrogen-bond donors (Lipinski definition) is 0. The third-order valence-electron chi connectivity index (χ3n) is 7.08. The predicted octanol–water partition coefficient (Wildman–Crippen LogP) is 8.10. The first-order chi connectivity index (χ1) is 16.6. The van der Waals surface area contributed by atoms with Crippen molar-refractivity contribution >= 4 is 5.97 Å². The van der Waals surface area contributed by atoms with Crippen molar-refractivity contribution in [2.75, 3.05) is 13.2 Å². The Morgan fingerprint density at radius 1 is 0.853 bits per heavy atom. The summed E-state index contributed by atoms with van der Waals surface area (Å²) in [6.07, 6.45) is 11.3. The maximum absolute atomic E-state index is 12.5. The van der Waals surface area contributed by atoms with Gasteiger partial charge in [0.15, 0.2) is 0 Å². The van der Waals surface area contributed by atoms with Crippen LogP contribution in [0.2, 0.25) is 0 Å². The van der Waals surface area contributed by atoms with Crippen molar-refractivity contribution in [1.29, 1.82) is 0 Å². The molecular formula is C30H42O4. The Hall–Kier alpha value is -2.49. The van der Waals surface area contributed by atoms with Gasteiger partial charge in [0.05, 0.1) is 18.8 Å². The van der Waals surface area contributed by atoms with Gasteiger partial charge in [0.2, 0.25) is 0 Å². The number of carbonyl (C=O) groups is 1. The summed E-state index contributed by atoms with van der Waals surface area (Å²) >= 11 is 0. The maximum atomic E-state index is 12.5. The fourth-order valence-corrected chi connectivity index (χ4v) is 4.59. The minimum Gasteiger partial charge on any atom is -0.494 e. The summed E-state index contributed by atoms with van der Waals surface area (Å²) in [5, 5.41) is 0. The lowest BCUT2D eigenvalue weighted by atomic mass is 9.80. The van der Waals surface area contributed by atoms with Crippen LogP contribution in [0.25, 0.3) is 0 Å². The van der Waals surface area contributed by atoms with Gasteiger partial charge in [0.25, 0.3) is 0 Å². The molecule has 1 fully saturated rings. The average Bonchev–Trinajstić information content (AvgIpc) is 2.87. The molecule has 1 aliphatic rings. The first-order valence-electron chi connectivity index (χ1n) is 13.2. The minimum atomic E-state index is -0.374. The fraction of sp³-hybridized carbons (Fsp3) is 0.567. The molecule has 0 bridgehead atoms. The zero-order valence-corrected chi connectivity index (χ0v) is 21.3. The summed E-state index contributed by atoms with van der Waals surface area (Å²) in [5.41, 5.74) is 0.506. The number of ether oxygens (including phenoxy) is 3. The molecule has 1 unspecified atom stereocenters. The molecule has 4 nitrogen and oxygen atoms in total. The van der Waals surface area contributed by atoms with Crippen molar-refractivity contribution in [2.45, 2.75) is 78.6 Å². The molecule has 2 aromatic rings. The third-order valence-corrected chi connectivity index (χ3v) is 7.08. The normalized spacial score (nSPS) is 18.8. The van der Waals surface area contributed by atoms with E-state index in [-0.39, 0.29) is 5.97 Å². The number of carbonyl (C=O) groups excluding carboxylic acids is 1. The number of hydrogen-bond acceptors (Lipinski definition) is 4. The quantitative estimate of drug-likeness (QED) is 0.170.